The van der Waals surface area contributed by atoms with Gasteiger partial charge in [-0.15, -0.1) is 0 Å². The molecule has 0 amide bonds. The molecular formula is C12H26N2. The van der Waals surface area contributed by atoms with E-state index in [9.17, 15) is 0 Å². The molecule has 0 spiro atoms. The van der Waals surface area contributed by atoms with E-state index in [1.165, 1.54) is 0 Å². The van der Waals surface area contributed by atoms with E-state index < -0.39 is 0 Å². The van der Waals surface area contributed by atoms with Crippen LogP contribution in [0, 0.1) is 11.8 Å². The van der Waals surface area contributed by atoms with Gasteiger partial charge in [-0.05, 0) is 32.2 Å². The van der Waals surface area contributed by atoms with Gasteiger partial charge in [0.15, 0.2) is 0 Å². The summed E-state index contributed by atoms with van der Waals surface area (Å²) in [6.45, 7) is 15.1. The van der Waals surface area contributed by atoms with Gasteiger partial charge >= 0.3 is 0 Å². The fraction of sp³-hybridized carbons (Fsp3) is 0.917. The molecule has 0 aromatic heterocycles. The molecule has 0 aromatic carbocycles. The van der Waals surface area contributed by atoms with Crippen molar-refractivity contribution in [2.45, 2.75) is 47.1 Å². The highest BCUT2D eigenvalue weighted by atomic mass is 15.0. The quantitative estimate of drug-likeness (QED) is 0.652. The van der Waals surface area contributed by atoms with Crippen molar-refractivity contribution < 1.29 is 0 Å². The predicted molar refractivity (Wildman–Crippen MR) is 65.1 cm³/mol. The van der Waals surface area contributed by atoms with Crippen molar-refractivity contribution in [1.82, 2.24) is 5.32 Å². The van der Waals surface area contributed by atoms with E-state index in [-0.39, 0.29) is 5.54 Å². The van der Waals surface area contributed by atoms with Crippen LogP contribution in [-0.2, 0) is 0 Å². The summed E-state index contributed by atoms with van der Waals surface area (Å²) < 4.78 is 0. The Morgan fingerprint density at radius 2 is 1.71 bits per heavy atom. The van der Waals surface area contributed by atoms with Gasteiger partial charge in [0.1, 0.15) is 0 Å². The summed E-state index contributed by atoms with van der Waals surface area (Å²) in [7, 11) is 0. The molecule has 84 valence electrons. The average molecular weight is 198 g/mol. The maximum absolute atomic E-state index is 4.43. The Morgan fingerprint density at radius 3 is 2.14 bits per heavy atom. The van der Waals surface area contributed by atoms with Crippen LogP contribution in [0.3, 0.4) is 0 Å². The van der Waals surface area contributed by atoms with E-state index in [2.05, 4.69) is 51.9 Å². The van der Waals surface area contributed by atoms with Crippen molar-refractivity contribution in [2.75, 3.05) is 13.1 Å². The monoisotopic (exact) mass is 198 g/mol. The molecule has 14 heavy (non-hydrogen) atoms. The van der Waals surface area contributed by atoms with Crippen molar-refractivity contribution in [3.8, 4) is 0 Å². The molecule has 0 aliphatic carbocycles. The highest BCUT2D eigenvalue weighted by Gasteiger charge is 2.13. The van der Waals surface area contributed by atoms with E-state index in [1.54, 1.807) is 0 Å². The lowest BCUT2D eigenvalue weighted by atomic mass is 10.1. The molecule has 0 bridgehead atoms. The summed E-state index contributed by atoms with van der Waals surface area (Å²) >= 11 is 0. The standard InChI is InChI=1S/C12H26N2/c1-10(2)7-13-9-12(5,6)14-8-11(3)4/h9-11,14H,7-8H2,1-6H3. The third kappa shape index (κ3) is 8.24. The van der Waals surface area contributed by atoms with Crippen LogP contribution >= 0.6 is 0 Å². The van der Waals surface area contributed by atoms with Crippen LogP contribution in [0.1, 0.15) is 41.5 Å². The van der Waals surface area contributed by atoms with Crippen molar-refractivity contribution in [3.63, 3.8) is 0 Å². The van der Waals surface area contributed by atoms with Gasteiger partial charge in [0, 0.05) is 18.3 Å². The van der Waals surface area contributed by atoms with Gasteiger partial charge in [0.2, 0.25) is 0 Å². The number of nitrogens with zero attached hydrogens (tertiary/aromatic N) is 1. The lowest BCUT2D eigenvalue weighted by Gasteiger charge is -2.23. The van der Waals surface area contributed by atoms with Gasteiger partial charge < -0.3 is 5.32 Å². The molecule has 0 saturated heterocycles. The molecular weight excluding hydrogens is 172 g/mol. The van der Waals surface area contributed by atoms with Crippen molar-refractivity contribution in [3.05, 3.63) is 0 Å². The molecule has 0 aromatic rings. The topological polar surface area (TPSA) is 24.4 Å². The van der Waals surface area contributed by atoms with Crippen molar-refractivity contribution >= 4 is 6.21 Å². The highest BCUT2D eigenvalue weighted by molar-refractivity contribution is 5.68. The lowest BCUT2D eigenvalue weighted by molar-refractivity contribution is 0.457. The van der Waals surface area contributed by atoms with Crippen molar-refractivity contribution in [2.24, 2.45) is 16.8 Å². The molecule has 2 heteroatoms. The fourth-order valence-corrected chi connectivity index (χ4v) is 1.00. The zero-order chi connectivity index (χ0) is 11.2. The molecule has 0 atom stereocenters. The van der Waals surface area contributed by atoms with Crippen LogP contribution in [0.4, 0.5) is 0 Å². The minimum atomic E-state index is 0.0269. The number of hydrogen-bond donors (Lipinski definition) is 1. The largest absolute Gasteiger partial charge is 0.307 e. The minimum absolute atomic E-state index is 0.0269. The Morgan fingerprint density at radius 1 is 1.14 bits per heavy atom. The van der Waals surface area contributed by atoms with E-state index in [1.807, 2.05) is 6.21 Å². The first-order valence-electron chi connectivity index (χ1n) is 5.59. The van der Waals surface area contributed by atoms with Gasteiger partial charge in [-0.3, -0.25) is 4.99 Å². The van der Waals surface area contributed by atoms with Crippen LogP contribution in [0.25, 0.3) is 0 Å². The van der Waals surface area contributed by atoms with Gasteiger partial charge in [-0.1, -0.05) is 27.7 Å². The van der Waals surface area contributed by atoms with Crippen LogP contribution in [0.5, 0.6) is 0 Å². The van der Waals surface area contributed by atoms with Crippen LogP contribution in [-0.4, -0.2) is 24.8 Å². The van der Waals surface area contributed by atoms with Gasteiger partial charge in [0.05, 0.1) is 0 Å². The second kappa shape index (κ2) is 6.18. The first-order valence-corrected chi connectivity index (χ1v) is 5.59. The zero-order valence-corrected chi connectivity index (χ0v) is 10.6. The Balaban J connectivity index is 3.87. The molecule has 0 rings (SSSR count). The fourth-order valence-electron chi connectivity index (χ4n) is 1.00. The second-order valence-electron chi connectivity index (χ2n) is 5.38. The average Bonchev–Trinajstić information content (AvgIpc) is 2.00. The van der Waals surface area contributed by atoms with Crippen LogP contribution in [0.15, 0.2) is 4.99 Å². The minimum Gasteiger partial charge on any atom is -0.307 e. The normalized spacial score (nSPS) is 13.4. The number of hydrogen-bond acceptors (Lipinski definition) is 2. The van der Waals surface area contributed by atoms with Gasteiger partial charge in [-0.2, -0.15) is 0 Å². The van der Waals surface area contributed by atoms with E-state index in [0.29, 0.717) is 11.8 Å². The molecule has 1 N–H and O–H groups in total. The third-order valence-corrected chi connectivity index (χ3v) is 1.85. The summed E-state index contributed by atoms with van der Waals surface area (Å²) in [5.74, 6) is 1.33. The van der Waals surface area contributed by atoms with Crippen molar-refractivity contribution in [1.29, 1.82) is 0 Å². The maximum atomic E-state index is 4.43. The summed E-state index contributed by atoms with van der Waals surface area (Å²) in [4.78, 5) is 4.43. The number of rotatable bonds is 6. The first-order chi connectivity index (χ1) is 6.33. The number of nitrogens with one attached hydrogen (secondary N) is 1. The predicted octanol–water partition coefficient (Wildman–Crippen LogP) is 2.74. The van der Waals surface area contributed by atoms with E-state index in [0.717, 1.165) is 13.1 Å². The molecule has 0 unspecified atom stereocenters. The molecule has 0 heterocycles. The molecule has 0 aliphatic heterocycles. The van der Waals surface area contributed by atoms with Crippen LogP contribution in [0.2, 0.25) is 0 Å². The molecule has 0 aliphatic rings. The summed E-state index contributed by atoms with van der Waals surface area (Å²) in [6, 6.07) is 0. The summed E-state index contributed by atoms with van der Waals surface area (Å²) in [5.41, 5.74) is 0.0269. The number of aliphatic imine (C=N–C) groups is 1. The second-order valence-corrected chi connectivity index (χ2v) is 5.38. The van der Waals surface area contributed by atoms with Gasteiger partial charge in [-0.25, -0.2) is 0 Å². The smallest absolute Gasteiger partial charge is 0.0476 e. The molecule has 0 radical (unpaired) electrons. The summed E-state index contributed by atoms with van der Waals surface area (Å²) in [5, 5.41) is 3.48. The summed E-state index contributed by atoms with van der Waals surface area (Å²) in [6.07, 6.45) is 2.04. The Kier molecular flexibility index (Phi) is 6.01. The Hall–Kier alpha value is -0.370. The third-order valence-electron chi connectivity index (χ3n) is 1.85. The molecule has 2 nitrogen and oxygen atoms in total. The molecule has 0 fully saturated rings. The SMILES string of the molecule is CC(C)CN=CC(C)(C)NCC(C)C. The van der Waals surface area contributed by atoms with Gasteiger partial charge in [0.25, 0.3) is 0 Å². The Labute approximate surface area is 89.2 Å². The maximum Gasteiger partial charge on any atom is 0.0476 e. The highest BCUT2D eigenvalue weighted by Crippen LogP contribution is 2.01. The zero-order valence-electron chi connectivity index (χ0n) is 10.6. The molecule has 0 saturated carbocycles. The Bertz CT molecular complexity index is 169. The lowest BCUT2D eigenvalue weighted by Crippen LogP contribution is -2.42. The first kappa shape index (κ1) is 13.6. The van der Waals surface area contributed by atoms with E-state index in [4.69, 9.17) is 0 Å². The van der Waals surface area contributed by atoms with Crippen LogP contribution < -0.4 is 5.32 Å². The van der Waals surface area contributed by atoms with E-state index >= 15 is 0 Å².